The molecule has 1 aromatic rings. The summed E-state index contributed by atoms with van der Waals surface area (Å²) >= 11 is 8.65. The van der Waals surface area contributed by atoms with Gasteiger partial charge >= 0.3 is 0 Å². The molecule has 0 aliphatic rings. The second kappa shape index (κ2) is 5.03. The van der Waals surface area contributed by atoms with Crippen LogP contribution >= 0.6 is 27.5 Å². The maximum Gasteiger partial charge on any atom is 0.264 e. The largest absolute Gasteiger partial charge is 0.293 e. The van der Waals surface area contributed by atoms with E-state index in [1.165, 1.54) is 19.1 Å². The van der Waals surface area contributed by atoms with E-state index in [-0.39, 0.29) is 11.1 Å². The average Bonchev–Trinajstić information content (AvgIpc) is 2.16. The number of halogens is 4. The van der Waals surface area contributed by atoms with Gasteiger partial charge < -0.3 is 0 Å². The molecule has 0 aliphatic heterocycles. The van der Waals surface area contributed by atoms with Crippen molar-refractivity contribution < 1.29 is 13.6 Å². The van der Waals surface area contributed by atoms with E-state index in [0.29, 0.717) is 4.47 Å². The van der Waals surface area contributed by atoms with E-state index >= 15 is 0 Å². The Kier molecular flexibility index (Phi) is 4.22. The fourth-order valence-electron chi connectivity index (χ4n) is 1.15. The van der Waals surface area contributed by atoms with Gasteiger partial charge in [0.2, 0.25) is 0 Å². The molecule has 82 valence electrons. The Morgan fingerprint density at radius 3 is 2.53 bits per heavy atom. The van der Waals surface area contributed by atoms with Crippen molar-refractivity contribution in [2.24, 2.45) is 0 Å². The van der Waals surface area contributed by atoms with Crippen LogP contribution in [-0.2, 0) is 0 Å². The van der Waals surface area contributed by atoms with E-state index in [1.807, 2.05) is 0 Å². The van der Waals surface area contributed by atoms with Crippen molar-refractivity contribution in [3.05, 3.63) is 33.8 Å². The Hall–Kier alpha value is -0.480. The lowest BCUT2D eigenvalue weighted by Crippen LogP contribution is -2.13. The van der Waals surface area contributed by atoms with Gasteiger partial charge in [0.15, 0.2) is 5.78 Å². The number of rotatable bonds is 3. The molecular formula is C10H8BrClF2O. The van der Waals surface area contributed by atoms with E-state index in [4.69, 9.17) is 11.6 Å². The lowest BCUT2D eigenvalue weighted by Gasteiger charge is -2.09. The van der Waals surface area contributed by atoms with Gasteiger partial charge in [-0.2, -0.15) is 0 Å². The maximum atomic E-state index is 12.6. The lowest BCUT2D eigenvalue weighted by molar-refractivity contribution is 0.0978. The zero-order valence-electron chi connectivity index (χ0n) is 7.81. The van der Waals surface area contributed by atoms with E-state index in [1.54, 1.807) is 6.07 Å². The summed E-state index contributed by atoms with van der Waals surface area (Å²) in [5.41, 5.74) is -0.308. The molecule has 1 rings (SSSR count). The number of alkyl halides is 3. The van der Waals surface area contributed by atoms with Crippen LogP contribution in [0.25, 0.3) is 0 Å². The number of carbonyl (C=O) groups is 1. The Labute approximate surface area is 99.6 Å². The monoisotopic (exact) mass is 296 g/mol. The highest BCUT2D eigenvalue weighted by Gasteiger charge is 2.21. The molecule has 0 aliphatic carbocycles. The maximum absolute atomic E-state index is 12.6. The van der Waals surface area contributed by atoms with E-state index in [0.717, 1.165) is 0 Å². The smallest absolute Gasteiger partial charge is 0.264 e. The van der Waals surface area contributed by atoms with E-state index < -0.39 is 17.6 Å². The van der Waals surface area contributed by atoms with Crippen molar-refractivity contribution in [1.29, 1.82) is 0 Å². The van der Waals surface area contributed by atoms with Crippen LogP contribution in [-0.4, -0.2) is 11.2 Å². The third-order valence-corrected chi connectivity index (χ3v) is 2.57. The van der Waals surface area contributed by atoms with Gasteiger partial charge in [-0.15, -0.1) is 11.6 Å². The van der Waals surface area contributed by atoms with Crippen molar-refractivity contribution in [3.8, 4) is 0 Å². The third-order valence-electron chi connectivity index (χ3n) is 1.88. The molecule has 1 unspecified atom stereocenters. The first-order chi connectivity index (χ1) is 6.93. The highest BCUT2D eigenvalue weighted by atomic mass is 79.9. The number of carbonyl (C=O) groups excluding carboxylic acids is 1. The molecule has 0 radical (unpaired) electrons. The summed E-state index contributed by atoms with van der Waals surface area (Å²) < 4.78 is 25.7. The number of Topliss-reactive ketones (excluding diaryl/α,β-unsaturated/α-hetero) is 1. The summed E-state index contributed by atoms with van der Waals surface area (Å²) in [5, 5.41) is -0.802. The van der Waals surface area contributed by atoms with Gasteiger partial charge in [0.1, 0.15) is 0 Å². The SMILES string of the molecule is CC(Cl)C(=O)c1ccc(Br)cc1C(F)F. The number of hydrogen-bond donors (Lipinski definition) is 0. The first-order valence-electron chi connectivity index (χ1n) is 4.19. The first kappa shape index (κ1) is 12.6. The summed E-state index contributed by atoms with van der Waals surface area (Å²) in [6.45, 7) is 1.46. The summed E-state index contributed by atoms with van der Waals surface area (Å²) in [4.78, 5) is 11.5. The molecule has 0 spiro atoms. The summed E-state index contributed by atoms with van der Waals surface area (Å²) in [7, 11) is 0. The molecule has 0 aromatic heterocycles. The minimum Gasteiger partial charge on any atom is -0.293 e. The lowest BCUT2D eigenvalue weighted by atomic mass is 10.0. The minimum atomic E-state index is -2.68. The highest BCUT2D eigenvalue weighted by Crippen LogP contribution is 2.27. The number of benzene rings is 1. The van der Waals surface area contributed by atoms with E-state index in [2.05, 4.69) is 15.9 Å². The van der Waals surface area contributed by atoms with Crippen molar-refractivity contribution >= 4 is 33.3 Å². The van der Waals surface area contributed by atoms with Gasteiger partial charge in [-0.1, -0.05) is 15.9 Å². The third kappa shape index (κ3) is 2.98. The van der Waals surface area contributed by atoms with Crippen LogP contribution in [0, 0.1) is 0 Å². The second-order valence-corrected chi connectivity index (χ2v) is 4.58. The molecule has 0 fully saturated rings. The topological polar surface area (TPSA) is 17.1 Å². The quantitative estimate of drug-likeness (QED) is 0.604. The Morgan fingerprint density at radius 1 is 1.47 bits per heavy atom. The Morgan fingerprint density at radius 2 is 2.07 bits per heavy atom. The van der Waals surface area contributed by atoms with Gasteiger partial charge in [-0.25, -0.2) is 8.78 Å². The van der Waals surface area contributed by atoms with Gasteiger partial charge in [-0.05, 0) is 25.1 Å². The normalized spacial score (nSPS) is 12.9. The highest BCUT2D eigenvalue weighted by molar-refractivity contribution is 9.10. The van der Waals surface area contributed by atoms with Gasteiger partial charge in [0.05, 0.1) is 5.38 Å². The zero-order valence-corrected chi connectivity index (χ0v) is 10.1. The standard InChI is InChI=1S/C10H8BrClF2O/c1-5(12)9(15)7-3-2-6(11)4-8(7)10(13)14/h2-5,10H,1H3. The molecule has 1 atom stereocenters. The van der Waals surface area contributed by atoms with Crippen LogP contribution in [0.15, 0.2) is 22.7 Å². The van der Waals surface area contributed by atoms with Crippen LogP contribution in [0.4, 0.5) is 8.78 Å². The fraction of sp³-hybridized carbons (Fsp3) is 0.300. The molecule has 0 amide bonds. The van der Waals surface area contributed by atoms with E-state index in [9.17, 15) is 13.6 Å². The van der Waals surface area contributed by atoms with Crippen molar-refractivity contribution in [3.63, 3.8) is 0 Å². The fourth-order valence-corrected chi connectivity index (χ4v) is 1.65. The van der Waals surface area contributed by atoms with Gasteiger partial charge in [-0.3, -0.25) is 4.79 Å². The molecule has 0 heterocycles. The Bertz CT molecular complexity index is 380. The molecule has 0 saturated heterocycles. The molecule has 5 heteroatoms. The number of ketones is 1. The van der Waals surface area contributed by atoms with Crippen molar-refractivity contribution in [2.75, 3.05) is 0 Å². The summed E-state index contributed by atoms with van der Waals surface area (Å²) in [6, 6.07) is 4.13. The summed E-state index contributed by atoms with van der Waals surface area (Å²) in [6.07, 6.45) is -2.68. The van der Waals surface area contributed by atoms with Gasteiger partial charge in [0, 0.05) is 15.6 Å². The first-order valence-corrected chi connectivity index (χ1v) is 5.42. The minimum absolute atomic E-state index is 0.0179. The average molecular weight is 298 g/mol. The molecule has 1 nitrogen and oxygen atoms in total. The zero-order chi connectivity index (χ0) is 11.6. The molecular weight excluding hydrogens is 289 g/mol. The van der Waals surface area contributed by atoms with Gasteiger partial charge in [0.25, 0.3) is 6.43 Å². The molecule has 0 bridgehead atoms. The predicted molar refractivity (Wildman–Crippen MR) is 58.7 cm³/mol. The van der Waals surface area contributed by atoms with Crippen LogP contribution in [0.1, 0.15) is 29.3 Å². The van der Waals surface area contributed by atoms with Crippen LogP contribution < -0.4 is 0 Å². The molecule has 0 saturated carbocycles. The van der Waals surface area contributed by atoms with Crippen molar-refractivity contribution in [1.82, 2.24) is 0 Å². The molecule has 1 aromatic carbocycles. The van der Waals surface area contributed by atoms with Crippen LogP contribution in [0.3, 0.4) is 0 Å². The molecule has 15 heavy (non-hydrogen) atoms. The van der Waals surface area contributed by atoms with Crippen LogP contribution in [0.5, 0.6) is 0 Å². The Balaban J connectivity index is 3.23. The second-order valence-electron chi connectivity index (χ2n) is 3.01. The summed E-state index contributed by atoms with van der Waals surface area (Å²) in [5.74, 6) is -0.487. The predicted octanol–water partition coefficient (Wildman–Crippen LogP) is 4.20. The molecule has 0 N–H and O–H groups in total. The van der Waals surface area contributed by atoms with Crippen LogP contribution in [0.2, 0.25) is 0 Å². The number of hydrogen-bond acceptors (Lipinski definition) is 1. The van der Waals surface area contributed by atoms with Crippen molar-refractivity contribution in [2.45, 2.75) is 18.7 Å².